The smallest absolute Gasteiger partial charge is 0.304 e. The van der Waals surface area contributed by atoms with Crippen LogP contribution in [0.15, 0.2) is 12.2 Å². The van der Waals surface area contributed by atoms with E-state index >= 15 is 0 Å². The first-order valence-electron chi connectivity index (χ1n) is 4.63. The summed E-state index contributed by atoms with van der Waals surface area (Å²) in [7, 11) is 1.64. The molecule has 0 unspecified atom stereocenters. The lowest BCUT2D eigenvalue weighted by atomic mass is 10.3. The van der Waals surface area contributed by atoms with E-state index in [0.29, 0.717) is 13.2 Å². The first-order chi connectivity index (χ1) is 6.56. The van der Waals surface area contributed by atoms with Crippen molar-refractivity contribution in [2.45, 2.75) is 13.3 Å². The third-order valence-electron chi connectivity index (χ3n) is 1.75. The molecule has 0 saturated heterocycles. The van der Waals surface area contributed by atoms with Gasteiger partial charge in [-0.1, -0.05) is 12.2 Å². The van der Waals surface area contributed by atoms with Crippen molar-refractivity contribution in [2.24, 2.45) is 0 Å². The Kier molecular flexibility index (Phi) is 7.06. The van der Waals surface area contributed by atoms with Crippen LogP contribution in [0.3, 0.4) is 0 Å². The minimum atomic E-state index is -0.769. The molecule has 0 spiro atoms. The van der Waals surface area contributed by atoms with Gasteiger partial charge in [-0.05, 0) is 6.92 Å². The summed E-state index contributed by atoms with van der Waals surface area (Å²) in [6.45, 7) is 8.38. The topological polar surface area (TPSA) is 49.8 Å². The van der Waals surface area contributed by atoms with Gasteiger partial charge in [-0.25, -0.2) is 0 Å². The molecule has 0 heterocycles. The predicted molar refractivity (Wildman–Crippen MR) is 55.4 cm³/mol. The molecule has 0 radical (unpaired) electrons. The number of aliphatic carboxylic acids is 1. The van der Waals surface area contributed by atoms with Gasteiger partial charge >= 0.3 is 5.97 Å². The molecule has 0 aromatic heterocycles. The standard InChI is InChI=1S/C10H19NO3/c1-9(2)8-11(6-7-14-3)5-4-10(12)13/h1,4-8H2,2-3H3,(H,12,13). The number of methoxy groups -OCH3 is 1. The maximum absolute atomic E-state index is 10.4. The fourth-order valence-corrected chi connectivity index (χ4v) is 1.13. The van der Waals surface area contributed by atoms with Crippen molar-refractivity contribution in [1.82, 2.24) is 4.90 Å². The van der Waals surface area contributed by atoms with E-state index in [1.807, 2.05) is 11.8 Å². The molecule has 4 heteroatoms. The van der Waals surface area contributed by atoms with Gasteiger partial charge in [-0.15, -0.1) is 0 Å². The number of nitrogens with zero attached hydrogens (tertiary/aromatic N) is 1. The van der Waals surface area contributed by atoms with Crippen LogP contribution in [0.2, 0.25) is 0 Å². The van der Waals surface area contributed by atoms with Crippen molar-refractivity contribution in [3.63, 3.8) is 0 Å². The van der Waals surface area contributed by atoms with Crippen LogP contribution in [-0.4, -0.2) is 49.3 Å². The molecular weight excluding hydrogens is 182 g/mol. The van der Waals surface area contributed by atoms with Crippen LogP contribution >= 0.6 is 0 Å². The van der Waals surface area contributed by atoms with Gasteiger partial charge < -0.3 is 9.84 Å². The zero-order valence-corrected chi connectivity index (χ0v) is 8.95. The van der Waals surface area contributed by atoms with Gasteiger partial charge in [0.1, 0.15) is 0 Å². The second-order valence-corrected chi connectivity index (χ2v) is 3.37. The zero-order valence-electron chi connectivity index (χ0n) is 8.95. The van der Waals surface area contributed by atoms with Crippen molar-refractivity contribution in [3.8, 4) is 0 Å². The molecule has 0 aliphatic heterocycles. The third-order valence-corrected chi connectivity index (χ3v) is 1.75. The highest BCUT2D eigenvalue weighted by Crippen LogP contribution is 1.97. The molecule has 0 saturated carbocycles. The number of rotatable bonds is 8. The monoisotopic (exact) mass is 201 g/mol. The summed E-state index contributed by atoms with van der Waals surface area (Å²) < 4.78 is 4.94. The van der Waals surface area contributed by atoms with E-state index in [9.17, 15) is 4.79 Å². The number of hydrogen-bond donors (Lipinski definition) is 1. The molecule has 4 nitrogen and oxygen atoms in total. The average molecular weight is 201 g/mol. The molecular formula is C10H19NO3. The second-order valence-electron chi connectivity index (χ2n) is 3.37. The molecule has 1 N–H and O–H groups in total. The van der Waals surface area contributed by atoms with Gasteiger partial charge in [-0.3, -0.25) is 9.69 Å². The van der Waals surface area contributed by atoms with Gasteiger partial charge in [0.25, 0.3) is 0 Å². The van der Waals surface area contributed by atoms with E-state index in [1.165, 1.54) is 0 Å². The van der Waals surface area contributed by atoms with E-state index in [0.717, 1.165) is 18.7 Å². The fourth-order valence-electron chi connectivity index (χ4n) is 1.13. The molecule has 0 atom stereocenters. The van der Waals surface area contributed by atoms with Crippen LogP contribution in [0.4, 0.5) is 0 Å². The number of carboxylic acids is 1. The maximum Gasteiger partial charge on any atom is 0.304 e. The number of ether oxygens (including phenoxy) is 1. The summed E-state index contributed by atoms with van der Waals surface area (Å²) in [4.78, 5) is 12.4. The molecule has 0 aliphatic carbocycles. The Morgan fingerprint density at radius 3 is 2.57 bits per heavy atom. The van der Waals surface area contributed by atoms with Crippen molar-refractivity contribution >= 4 is 5.97 Å². The summed E-state index contributed by atoms with van der Waals surface area (Å²) in [5, 5.41) is 8.54. The Hall–Kier alpha value is -0.870. The minimum absolute atomic E-state index is 0.164. The van der Waals surface area contributed by atoms with Crippen LogP contribution in [0.1, 0.15) is 13.3 Å². The Morgan fingerprint density at radius 2 is 2.14 bits per heavy atom. The number of hydrogen-bond acceptors (Lipinski definition) is 3. The largest absolute Gasteiger partial charge is 0.481 e. The molecule has 0 amide bonds. The molecule has 14 heavy (non-hydrogen) atoms. The van der Waals surface area contributed by atoms with Gasteiger partial charge in [0, 0.05) is 26.7 Å². The lowest BCUT2D eigenvalue weighted by Gasteiger charge is -2.20. The zero-order chi connectivity index (χ0) is 11.0. The van der Waals surface area contributed by atoms with Gasteiger partial charge in [0.15, 0.2) is 0 Å². The Bertz CT molecular complexity index is 192. The van der Waals surface area contributed by atoms with Gasteiger partial charge in [-0.2, -0.15) is 0 Å². The third kappa shape index (κ3) is 7.76. The van der Waals surface area contributed by atoms with E-state index in [4.69, 9.17) is 9.84 Å². The Labute approximate surface area is 85.2 Å². The molecule has 82 valence electrons. The van der Waals surface area contributed by atoms with Crippen LogP contribution < -0.4 is 0 Å². The maximum atomic E-state index is 10.4. The SMILES string of the molecule is C=C(C)CN(CCOC)CCC(=O)O. The predicted octanol–water partition coefficient (Wildman–Crippen LogP) is 0.986. The highest BCUT2D eigenvalue weighted by atomic mass is 16.5. The highest BCUT2D eigenvalue weighted by molar-refractivity contribution is 5.66. The number of carbonyl (C=O) groups is 1. The Balaban J connectivity index is 3.83. The van der Waals surface area contributed by atoms with E-state index in [1.54, 1.807) is 7.11 Å². The van der Waals surface area contributed by atoms with Gasteiger partial charge in [0.05, 0.1) is 13.0 Å². The van der Waals surface area contributed by atoms with Crippen LogP contribution in [-0.2, 0) is 9.53 Å². The molecule has 0 aromatic carbocycles. The molecule has 0 fully saturated rings. The van der Waals surface area contributed by atoms with Crippen LogP contribution in [0.5, 0.6) is 0 Å². The normalized spacial score (nSPS) is 10.5. The van der Waals surface area contributed by atoms with Crippen LogP contribution in [0, 0.1) is 0 Å². The summed E-state index contributed by atoms with van der Waals surface area (Å²) in [6.07, 6.45) is 0.164. The summed E-state index contributed by atoms with van der Waals surface area (Å²) >= 11 is 0. The van der Waals surface area contributed by atoms with Crippen molar-refractivity contribution in [2.75, 3.05) is 33.4 Å². The quantitative estimate of drug-likeness (QED) is 0.595. The first-order valence-corrected chi connectivity index (χ1v) is 4.63. The first kappa shape index (κ1) is 13.1. The minimum Gasteiger partial charge on any atom is -0.481 e. The van der Waals surface area contributed by atoms with E-state index in [-0.39, 0.29) is 6.42 Å². The van der Waals surface area contributed by atoms with Crippen molar-refractivity contribution in [1.29, 1.82) is 0 Å². The summed E-state index contributed by atoms with van der Waals surface area (Å²) in [5.74, 6) is -0.769. The lowest BCUT2D eigenvalue weighted by molar-refractivity contribution is -0.137. The molecule has 0 rings (SSSR count). The van der Waals surface area contributed by atoms with E-state index in [2.05, 4.69) is 6.58 Å². The van der Waals surface area contributed by atoms with Gasteiger partial charge in [0.2, 0.25) is 0 Å². The lowest BCUT2D eigenvalue weighted by Crippen LogP contribution is -2.31. The molecule has 0 aliphatic rings. The van der Waals surface area contributed by atoms with Crippen molar-refractivity contribution < 1.29 is 14.6 Å². The van der Waals surface area contributed by atoms with Crippen molar-refractivity contribution in [3.05, 3.63) is 12.2 Å². The molecule has 0 aromatic rings. The highest BCUT2D eigenvalue weighted by Gasteiger charge is 2.06. The molecule has 0 bridgehead atoms. The van der Waals surface area contributed by atoms with E-state index < -0.39 is 5.97 Å². The average Bonchev–Trinajstić information content (AvgIpc) is 2.09. The second kappa shape index (κ2) is 7.53. The Morgan fingerprint density at radius 1 is 1.50 bits per heavy atom. The van der Waals surface area contributed by atoms with Crippen LogP contribution in [0.25, 0.3) is 0 Å². The fraction of sp³-hybridized carbons (Fsp3) is 0.700. The number of carboxylic acid groups (broad SMARTS) is 1. The summed E-state index contributed by atoms with van der Waals surface area (Å²) in [5.41, 5.74) is 1.03. The summed E-state index contributed by atoms with van der Waals surface area (Å²) in [6, 6.07) is 0.